The number of aryl methyl sites for hydroxylation is 1. The number of benzene rings is 1. The highest BCUT2D eigenvalue weighted by atomic mass is 79.9. The number of halogens is 1. The molecule has 0 spiro atoms. The van der Waals surface area contributed by atoms with Crippen LogP contribution < -0.4 is 9.47 Å². The second-order valence-corrected chi connectivity index (χ2v) is 4.69. The van der Waals surface area contributed by atoms with Crippen LogP contribution in [0.15, 0.2) is 36.4 Å². The Bertz CT molecular complexity index is 558. The van der Waals surface area contributed by atoms with E-state index in [2.05, 4.69) is 20.9 Å². The van der Waals surface area contributed by atoms with Gasteiger partial charge in [0.1, 0.15) is 18.1 Å². The number of ether oxygens (including phenoxy) is 2. The van der Waals surface area contributed by atoms with E-state index in [1.807, 2.05) is 43.3 Å². The van der Waals surface area contributed by atoms with Gasteiger partial charge in [-0.1, -0.05) is 34.1 Å². The average Bonchev–Trinajstić information content (AvgIpc) is 2.46. The molecule has 0 aliphatic heterocycles. The Labute approximate surface area is 121 Å². The third kappa shape index (κ3) is 3.47. The lowest BCUT2D eigenvalue weighted by Crippen LogP contribution is -2.01. The van der Waals surface area contributed by atoms with Crippen molar-refractivity contribution in [2.75, 3.05) is 7.11 Å². The molecular formula is C15H16BrNO2. The zero-order valence-electron chi connectivity index (χ0n) is 11.0. The maximum atomic E-state index is 5.84. The van der Waals surface area contributed by atoms with Gasteiger partial charge in [-0.15, -0.1) is 0 Å². The zero-order chi connectivity index (χ0) is 13.7. The molecule has 0 fully saturated rings. The van der Waals surface area contributed by atoms with Crippen LogP contribution in [0.2, 0.25) is 0 Å². The summed E-state index contributed by atoms with van der Waals surface area (Å²) >= 11 is 3.43. The molecule has 4 heteroatoms. The summed E-state index contributed by atoms with van der Waals surface area (Å²) in [6, 6.07) is 11.7. The van der Waals surface area contributed by atoms with E-state index >= 15 is 0 Å². The topological polar surface area (TPSA) is 31.4 Å². The fourth-order valence-electron chi connectivity index (χ4n) is 1.80. The average molecular weight is 322 g/mol. The van der Waals surface area contributed by atoms with Crippen LogP contribution in [-0.2, 0) is 11.9 Å². The van der Waals surface area contributed by atoms with Crippen molar-refractivity contribution < 1.29 is 9.47 Å². The van der Waals surface area contributed by atoms with Crippen LogP contribution in [0.4, 0.5) is 0 Å². The summed E-state index contributed by atoms with van der Waals surface area (Å²) in [7, 11) is 1.66. The summed E-state index contributed by atoms with van der Waals surface area (Å²) in [4.78, 5) is 4.44. The zero-order valence-corrected chi connectivity index (χ0v) is 12.6. The molecule has 0 amide bonds. The number of methoxy groups -OCH3 is 1. The van der Waals surface area contributed by atoms with Gasteiger partial charge in [0.05, 0.1) is 12.8 Å². The highest BCUT2D eigenvalue weighted by Gasteiger charge is 2.07. The van der Waals surface area contributed by atoms with E-state index in [4.69, 9.17) is 9.47 Å². The fraction of sp³-hybridized carbons (Fsp3) is 0.267. The fourth-order valence-corrected chi connectivity index (χ4v) is 2.20. The van der Waals surface area contributed by atoms with Gasteiger partial charge < -0.3 is 9.47 Å². The minimum atomic E-state index is 0.467. The predicted molar refractivity (Wildman–Crippen MR) is 78.9 cm³/mol. The summed E-state index contributed by atoms with van der Waals surface area (Å²) in [6.07, 6.45) is 0. The summed E-state index contributed by atoms with van der Waals surface area (Å²) in [6.45, 7) is 2.44. The SMILES string of the molecule is COc1ccccc1COc1ccc(C)nc1CBr. The molecular weight excluding hydrogens is 306 g/mol. The van der Waals surface area contributed by atoms with E-state index in [9.17, 15) is 0 Å². The smallest absolute Gasteiger partial charge is 0.142 e. The third-order valence-corrected chi connectivity index (χ3v) is 3.31. The number of rotatable bonds is 5. The van der Waals surface area contributed by atoms with Crippen LogP contribution in [0.5, 0.6) is 11.5 Å². The Morgan fingerprint density at radius 1 is 1.11 bits per heavy atom. The van der Waals surface area contributed by atoms with E-state index in [0.717, 1.165) is 28.5 Å². The quantitative estimate of drug-likeness (QED) is 0.783. The number of nitrogens with zero attached hydrogens (tertiary/aromatic N) is 1. The van der Waals surface area contributed by atoms with Gasteiger partial charge in [0.15, 0.2) is 0 Å². The van der Waals surface area contributed by atoms with Crippen molar-refractivity contribution in [1.29, 1.82) is 0 Å². The first kappa shape index (κ1) is 13.9. The normalized spacial score (nSPS) is 10.3. The van der Waals surface area contributed by atoms with Gasteiger partial charge in [-0.2, -0.15) is 0 Å². The van der Waals surface area contributed by atoms with Crippen molar-refractivity contribution in [2.24, 2.45) is 0 Å². The van der Waals surface area contributed by atoms with Gasteiger partial charge in [0.25, 0.3) is 0 Å². The van der Waals surface area contributed by atoms with Crippen LogP contribution in [0.3, 0.4) is 0 Å². The second-order valence-electron chi connectivity index (χ2n) is 4.13. The molecule has 0 aliphatic carbocycles. The first-order chi connectivity index (χ1) is 9.24. The number of para-hydroxylation sites is 1. The maximum absolute atomic E-state index is 5.84. The highest BCUT2D eigenvalue weighted by Crippen LogP contribution is 2.23. The standard InChI is InChI=1S/C15H16BrNO2/c1-11-7-8-15(13(9-16)17-11)19-10-12-5-3-4-6-14(12)18-2/h3-8H,9-10H2,1-2H3. The maximum Gasteiger partial charge on any atom is 0.142 e. The van der Waals surface area contributed by atoms with Gasteiger partial charge in [-0.3, -0.25) is 4.98 Å². The molecule has 0 saturated carbocycles. The van der Waals surface area contributed by atoms with Gasteiger partial charge in [-0.05, 0) is 25.1 Å². The van der Waals surface area contributed by atoms with Gasteiger partial charge in [0.2, 0.25) is 0 Å². The Hall–Kier alpha value is -1.55. The molecule has 100 valence electrons. The molecule has 1 heterocycles. The van der Waals surface area contributed by atoms with Crippen LogP contribution >= 0.6 is 15.9 Å². The third-order valence-electron chi connectivity index (χ3n) is 2.77. The number of hydrogen-bond acceptors (Lipinski definition) is 3. The molecule has 0 bridgehead atoms. The summed E-state index contributed by atoms with van der Waals surface area (Å²) in [5.41, 5.74) is 2.92. The lowest BCUT2D eigenvalue weighted by Gasteiger charge is -2.12. The van der Waals surface area contributed by atoms with E-state index in [-0.39, 0.29) is 0 Å². The Kier molecular flexibility index (Phi) is 4.80. The molecule has 1 aromatic carbocycles. The van der Waals surface area contributed by atoms with Crippen LogP contribution in [0.25, 0.3) is 0 Å². The molecule has 0 saturated heterocycles. The van der Waals surface area contributed by atoms with Crippen molar-refractivity contribution >= 4 is 15.9 Å². The Balaban J connectivity index is 2.14. The monoisotopic (exact) mass is 321 g/mol. The largest absolute Gasteiger partial charge is 0.496 e. The Morgan fingerprint density at radius 3 is 2.63 bits per heavy atom. The molecule has 0 atom stereocenters. The highest BCUT2D eigenvalue weighted by molar-refractivity contribution is 9.08. The molecule has 3 nitrogen and oxygen atoms in total. The molecule has 0 radical (unpaired) electrons. The van der Waals surface area contributed by atoms with Crippen molar-refractivity contribution in [3.8, 4) is 11.5 Å². The van der Waals surface area contributed by atoms with Gasteiger partial charge in [-0.25, -0.2) is 0 Å². The number of hydrogen-bond donors (Lipinski definition) is 0. The molecule has 0 aliphatic rings. The molecule has 2 aromatic rings. The second kappa shape index (κ2) is 6.57. The number of pyridine rings is 1. The summed E-state index contributed by atoms with van der Waals surface area (Å²) in [5, 5.41) is 0.677. The Morgan fingerprint density at radius 2 is 1.89 bits per heavy atom. The van der Waals surface area contributed by atoms with Gasteiger partial charge >= 0.3 is 0 Å². The molecule has 0 N–H and O–H groups in total. The van der Waals surface area contributed by atoms with E-state index in [1.54, 1.807) is 7.11 Å². The van der Waals surface area contributed by atoms with E-state index in [1.165, 1.54) is 0 Å². The molecule has 19 heavy (non-hydrogen) atoms. The van der Waals surface area contributed by atoms with Gasteiger partial charge in [0, 0.05) is 16.6 Å². The van der Waals surface area contributed by atoms with Crippen molar-refractivity contribution in [1.82, 2.24) is 4.98 Å². The lowest BCUT2D eigenvalue weighted by atomic mass is 10.2. The van der Waals surface area contributed by atoms with Crippen LogP contribution in [0, 0.1) is 6.92 Å². The molecule has 0 unspecified atom stereocenters. The molecule has 2 rings (SSSR count). The van der Waals surface area contributed by atoms with Crippen molar-refractivity contribution in [3.05, 3.63) is 53.3 Å². The summed E-state index contributed by atoms with van der Waals surface area (Å²) < 4.78 is 11.1. The van der Waals surface area contributed by atoms with E-state index in [0.29, 0.717) is 11.9 Å². The predicted octanol–water partition coefficient (Wildman–Crippen LogP) is 3.87. The van der Waals surface area contributed by atoms with Crippen LogP contribution in [0.1, 0.15) is 17.0 Å². The first-order valence-corrected chi connectivity index (χ1v) is 7.14. The minimum absolute atomic E-state index is 0.467. The first-order valence-electron chi connectivity index (χ1n) is 6.01. The van der Waals surface area contributed by atoms with Crippen molar-refractivity contribution in [2.45, 2.75) is 18.9 Å². The molecule has 1 aromatic heterocycles. The number of alkyl halides is 1. The van der Waals surface area contributed by atoms with Crippen molar-refractivity contribution in [3.63, 3.8) is 0 Å². The van der Waals surface area contributed by atoms with Crippen LogP contribution in [-0.4, -0.2) is 12.1 Å². The number of aromatic nitrogens is 1. The van der Waals surface area contributed by atoms with E-state index < -0.39 is 0 Å². The summed E-state index contributed by atoms with van der Waals surface area (Å²) in [5.74, 6) is 1.64. The minimum Gasteiger partial charge on any atom is -0.496 e. The lowest BCUT2D eigenvalue weighted by molar-refractivity contribution is 0.293.